The van der Waals surface area contributed by atoms with Gasteiger partial charge in [-0.25, -0.2) is 9.97 Å². The van der Waals surface area contributed by atoms with E-state index in [4.69, 9.17) is 0 Å². The molecule has 6 heteroatoms. The number of hydrogen-bond donors (Lipinski definition) is 1. The van der Waals surface area contributed by atoms with E-state index < -0.39 is 0 Å². The third-order valence-corrected chi connectivity index (χ3v) is 4.99. The van der Waals surface area contributed by atoms with E-state index in [1.165, 1.54) is 29.8 Å². The Labute approximate surface area is 126 Å². The zero-order valence-electron chi connectivity index (χ0n) is 9.54. The number of aryl methyl sites for hydroxylation is 2. The van der Waals surface area contributed by atoms with Crippen LogP contribution in [0.2, 0.25) is 0 Å². The fourth-order valence-corrected chi connectivity index (χ4v) is 4.15. The van der Waals surface area contributed by atoms with E-state index in [0.29, 0.717) is 0 Å². The Hall–Kier alpha value is -0.460. The van der Waals surface area contributed by atoms with Crippen molar-refractivity contribution in [2.24, 2.45) is 0 Å². The summed E-state index contributed by atoms with van der Waals surface area (Å²) in [5.41, 5.74) is 1.27. The lowest BCUT2D eigenvalue weighted by Crippen LogP contribution is -1.99. The zero-order valence-corrected chi connectivity index (χ0v) is 13.5. The second-order valence-electron chi connectivity index (χ2n) is 4.20. The molecule has 1 aliphatic carbocycles. The average Bonchev–Trinajstić information content (AvgIpc) is 2.75. The molecule has 1 N–H and O–H groups in total. The summed E-state index contributed by atoms with van der Waals surface area (Å²) in [6, 6.07) is 1.98. The molecule has 2 aromatic rings. The van der Waals surface area contributed by atoms with Crippen molar-refractivity contribution in [3.63, 3.8) is 0 Å². The summed E-state index contributed by atoms with van der Waals surface area (Å²) >= 11 is 8.64. The van der Waals surface area contributed by atoms with Gasteiger partial charge in [-0.05, 0) is 63.6 Å². The van der Waals surface area contributed by atoms with Crippen molar-refractivity contribution in [3.8, 4) is 0 Å². The van der Waals surface area contributed by atoms with Crippen LogP contribution in [-0.2, 0) is 12.8 Å². The van der Waals surface area contributed by atoms with E-state index in [2.05, 4.69) is 47.1 Å². The Balaban J connectivity index is 1.85. The summed E-state index contributed by atoms with van der Waals surface area (Å²) in [6.07, 6.45) is 6.61. The summed E-state index contributed by atoms with van der Waals surface area (Å²) in [5, 5.41) is 4.23. The van der Waals surface area contributed by atoms with Crippen LogP contribution in [-0.4, -0.2) is 9.97 Å². The molecule has 0 saturated carbocycles. The summed E-state index contributed by atoms with van der Waals surface area (Å²) in [5.74, 6) is 0.810. The molecule has 0 spiro atoms. The number of halogens is 2. The van der Waals surface area contributed by atoms with Gasteiger partial charge in [0.15, 0.2) is 5.13 Å². The van der Waals surface area contributed by atoms with Crippen molar-refractivity contribution in [2.75, 3.05) is 5.32 Å². The van der Waals surface area contributed by atoms with Gasteiger partial charge in [0.25, 0.3) is 0 Å². The van der Waals surface area contributed by atoms with Crippen LogP contribution < -0.4 is 5.32 Å². The number of pyridine rings is 1. The minimum Gasteiger partial charge on any atom is -0.315 e. The monoisotopic (exact) mass is 387 g/mol. The van der Waals surface area contributed by atoms with Gasteiger partial charge in [0.2, 0.25) is 0 Å². The second kappa shape index (κ2) is 5.27. The number of thiazole rings is 1. The van der Waals surface area contributed by atoms with Gasteiger partial charge in [-0.2, -0.15) is 0 Å². The van der Waals surface area contributed by atoms with Crippen LogP contribution in [0, 0.1) is 0 Å². The Bertz CT molecular complexity index is 559. The third-order valence-electron chi connectivity index (χ3n) is 2.88. The first-order valence-corrected chi connectivity index (χ1v) is 8.19. The van der Waals surface area contributed by atoms with Crippen molar-refractivity contribution in [1.82, 2.24) is 9.97 Å². The minimum absolute atomic E-state index is 0.810. The zero-order chi connectivity index (χ0) is 12.5. The van der Waals surface area contributed by atoms with Crippen LogP contribution in [0.4, 0.5) is 10.9 Å². The van der Waals surface area contributed by atoms with Crippen LogP contribution in [0.3, 0.4) is 0 Å². The number of fused-ring (bicyclic) bond motifs is 1. The molecule has 3 nitrogen and oxygen atoms in total. The van der Waals surface area contributed by atoms with Gasteiger partial charge in [0.1, 0.15) is 5.82 Å². The summed E-state index contributed by atoms with van der Waals surface area (Å²) < 4.78 is 1.89. The van der Waals surface area contributed by atoms with Gasteiger partial charge in [-0.3, -0.25) is 0 Å². The highest BCUT2D eigenvalue weighted by Gasteiger charge is 2.15. The molecule has 0 unspecified atom stereocenters. The normalized spacial score (nSPS) is 14.3. The lowest BCUT2D eigenvalue weighted by atomic mass is 10.0. The molecular weight excluding hydrogens is 378 g/mol. The van der Waals surface area contributed by atoms with E-state index in [9.17, 15) is 0 Å². The van der Waals surface area contributed by atoms with E-state index >= 15 is 0 Å². The van der Waals surface area contributed by atoms with Crippen molar-refractivity contribution >= 4 is 54.1 Å². The molecule has 2 heterocycles. The molecular formula is C12H11Br2N3S. The predicted molar refractivity (Wildman–Crippen MR) is 81.7 cm³/mol. The summed E-state index contributed by atoms with van der Waals surface area (Å²) in [4.78, 5) is 10.4. The molecule has 0 amide bonds. The highest BCUT2D eigenvalue weighted by Crippen LogP contribution is 2.33. The maximum Gasteiger partial charge on any atom is 0.188 e. The Morgan fingerprint density at radius 1 is 1.22 bits per heavy atom. The number of aromatic nitrogens is 2. The molecule has 0 aliphatic heterocycles. The number of nitrogens with one attached hydrogen (secondary N) is 1. The maximum absolute atomic E-state index is 4.64. The van der Waals surface area contributed by atoms with Crippen LogP contribution in [0.1, 0.15) is 23.4 Å². The molecule has 0 atom stereocenters. The Morgan fingerprint density at radius 2 is 2.06 bits per heavy atom. The Kier molecular flexibility index (Phi) is 3.68. The third kappa shape index (κ3) is 2.60. The van der Waals surface area contributed by atoms with E-state index in [1.54, 1.807) is 17.5 Å². The van der Waals surface area contributed by atoms with Crippen LogP contribution in [0.15, 0.2) is 21.2 Å². The lowest BCUT2D eigenvalue weighted by Gasteiger charge is -2.06. The molecule has 94 valence electrons. The van der Waals surface area contributed by atoms with Crippen molar-refractivity contribution in [1.29, 1.82) is 0 Å². The summed E-state index contributed by atoms with van der Waals surface area (Å²) in [7, 11) is 0. The number of nitrogens with zero attached hydrogens (tertiary/aromatic N) is 2. The molecule has 0 saturated heterocycles. The molecule has 0 fully saturated rings. The number of anilines is 2. The van der Waals surface area contributed by atoms with Crippen molar-refractivity contribution < 1.29 is 0 Å². The molecule has 18 heavy (non-hydrogen) atoms. The number of hydrogen-bond acceptors (Lipinski definition) is 4. The highest BCUT2D eigenvalue weighted by atomic mass is 79.9. The van der Waals surface area contributed by atoms with Crippen LogP contribution in [0.25, 0.3) is 0 Å². The van der Waals surface area contributed by atoms with Gasteiger partial charge < -0.3 is 5.32 Å². The number of rotatable bonds is 2. The average molecular weight is 389 g/mol. The second-order valence-corrected chi connectivity index (χ2v) is 7.06. The van der Waals surface area contributed by atoms with Gasteiger partial charge in [-0.15, -0.1) is 11.3 Å². The molecule has 2 aromatic heterocycles. The van der Waals surface area contributed by atoms with Crippen molar-refractivity contribution in [2.45, 2.75) is 25.7 Å². The molecule has 0 bridgehead atoms. The van der Waals surface area contributed by atoms with Crippen LogP contribution in [0.5, 0.6) is 0 Å². The van der Waals surface area contributed by atoms with E-state index in [0.717, 1.165) is 26.3 Å². The standard InChI is InChI=1S/C12H11Br2N3S/c13-7-5-8(14)11(15-6-7)17-12-16-9-3-1-2-4-10(9)18-12/h5-6H,1-4H2,(H,15,16,17). The SMILES string of the molecule is Brc1cnc(Nc2nc3c(s2)CCCC3)c(Br)c1. The topological polar surface area (TPSA) is 37.8 Å². The molecule has 0 aromatic carbocycles. The first kappa shape index (κ1) is 12.6. The van der Waals surface area contributed by atoms with Gasteiger partial charge >= 0.3 is 0 Å². The van der Waals surface area contributed by atoms with E-state index in [-0.39, 0.29) is 0 Å². The lowest BCUT2D eigenvalue weighted by molar-refractivity contribution is 0.683. The van der Waals surface area contributed by atoms with Gasteiger partial charge in [0, 0.05) is 15.5 Å². The fourth-order valence-electron chi connectivity index (χ4n) is 2.01. The quantitative estimate of drug-likeness (QED) is 0.811. The summed E-state index contributed by atoms with van der Waals surface area (Å²) in [6.45, 7) is 0. The van der Waals surface area contributed by atoms with Crippen molar-refractivity contribution in [3.05, 3.63) is 31.8 Å². The maximum atomic E-state index is 4.64. The van der Waals surface area contributed by atoms with Gasteiger partial charge in [-0.1, -0.05) is 0 Å². The molecule has 1 aliphatic rings. The predicted octanol–water partition coefficient (Wildman–Crippen LogP) is 4.69. The Morgan fingerprint density at radius 3 is 2.83 bits per heavy atom. The largest absolute Gasteiger partial charge is 0.315 e. The minimum atomic E-state index is 0.810. The highest BCUT2D eigenvalue weighted by molar-refractivity contribution is 9.11. The first-order chi connectivity index (χ1) is 8.72. The van der Waals surface area contributed by atoms with E-state index in [1.807, 2.05) is 6.07 Å². The molecule has 3 rings (SSSR count). The first-order valence-electron chi connectivity index (χ1n) is 5.79. The molecule has 0 radical (unpaired) electrons. The van der Waals surface area contributed by atoms with Crippen LogP contribution >= 0.6 is 43.2 Å². The fraction of sp³-hybridized carbons (Fsp3) is 0.333. The smallest absolute Gasteiger partial charge is 0.188 e. The van der Waals surface area contributed by atoms with Gasteiger partial charge in [0.05, 0.1) is 10.2 Å².